The molecule has 1 aromatic heterocycles. The van der Waals surface area contributed by atoms with E-state index in [1.807, 2.05) is 31.2 Å². The number of amides is 1. The standard InChI is InChI=1S/C21H21Cl2N3O2/c1-13(20(27)24-17-9-4-7-15(22)19(17)23)26-11-5-6-14(12-26)21-25-16-8-2-3-10-18(16)28-21/h2-4,7-10,13-14H,5-6,11-12H2,1H3,(H,24,27). The number of para-hydroxylation sites is 2. The molecular weight excluding hydrogens is 397 g/mol. The van der Waals surface area contributed by atoms with E-state index in [1.54, 1.807) is 18.2 Å². The van der Waals surface area contributed by atoms with E-state index < -0.39 is 0 Å². The molecule has 1 aliphatic heterocycles. The van der Waals surface area contributed by atoms with Gasteiger partial charge >= 0.3 is 0 Å². The first-order chi connectivity index (χ1) is 13.5. The Kier molecular flexibility index (Phi) is 5.58. The number of nitrogens with one attached hydrogen (secondary N) is 1. The first kappa shape index (κ1) is 19.2. The maximum absolute atomic E-state index is 12.8. The molecule has 0 aliphatic carbocycles. The first-order valence-corrected chi connectivity index (χ1v) is 10.1. The molecule has 4 rings (SSSR count). The summed E-state index contributed by atoms with van der Waals surface area (Å²) in [7, 11) is 0. The fraction of sp³-hybridized carbons (Fsp3) is 0.333. The molecule has 0 radical (unpaired) electrons. The number of piperidine rings is 1. The van der Waals surface area contributed by atoms with Gasteiger partial charge in [0, 0.05) is 12.5 Å². The molecule has 1 N–H and O–H groups in total. The molecule has 2 atom stereocenters. The molecule has 1 aliphatic rings. The van der Waals surface area contributed by atoms with Crippen molar-refractivity contribution >= 4 is 45.9 Å². The van der Waals surface area contributed by atoms with E-state index in [2.05, 4.69) is 15.2 Å². The van der Waals surface area contributed by atoms with Crippen molar-refractivity contribution in [3.8, 4) is 0 Å². The molecule has 2 aromatic carbocycles. The minimum Gasteiger partial charge on any atom is -0.440 e. The average molecular weight is 418 g/mol. The number of anilines is 1. The summed E-state index contributed by atoms with van der Waals surface area (Å²) in [6.07, 6.45) is 1.98. The molecule has 2 unspecified atom stereocenters. The van der Waals surface area contributed by atoms with Crippen LogP contribution in [0.2, 0.25) is 10.0 Å². The minimum atomic E-state index is -0.303. The van der Waals surface area contributed by atoms with Crippen LogP contribution in [0.5, 0.6) is 0 Å². The third kappa shape index (κ3) is 3.88. The summed E-state index contributed by atoms with van der Waals surface area (Å²) in [6.45, 7) is 3.49. The number of likely N-dealkylation sites (tertiary alicyclic amines) is 1. The molecule has 146 valence electrons. The van der Waals surface area contributed by atoms with Crippen molar-refractivity contribution in [1.82, 2.24) is 9.88 Å². The van der Waals surface area contributed by atoms with Gasteiger partial charge in [0.25, 0.3) is 0 Å². The zero-order chi connectivity index (χ0) is 19.7. The van der Waals surface area contributed by atoms with Crippen molar-refractivity contribution in [1.29, 1.82) is 0 Å². The number of nitrogens with zero attached hydrogens (tertiary/aromatic N) is 2. The summed E-state index contributed by atoms with van der Waals surface area (Å²) in [5, 5.41) is 3.66. The normalized spacial score (nSPS) is 18.9. The van der Waals surface area contributed by atoms with Gasteiger partial charge in [-0.05, 0) is 50.6 Å². The van der Waals surface area contributed by atoms with Gasteiger partial charge in [0.2, 0.25) is 5.91 Å². The van der Waals surface area contributed by atoms with Crippen molar-refractivity contribution in [3.63, 3.8) is 0 Å². The highest BCUT2D eigenvalue weighted by atomic mass is 35.5. The Balaban J connectivity index is 1.46. The van der Waals surface area contributed by atoms with Crippen LogP contribution in [-0.4, -0.2) is 34.9 Å². The van der Waals surface area contributed by atoms with E-state index in [-0.39, 0.29) is 17.9 Å². The molecule has 28 heavy (non-hydrogen) atoms. The number of oxazole rings is 1. The zero-order valence-corrected chi connectivity index (χ0v) is 17.0. The van der Waals surface area contributed by atoms with E-state index in [9.17, 15) is 4.79 Å². The lowest BCUT2D eigenvalue weighted by Crippen LogP contribution is -2.46. The highest BCUT2D eigenvalue weighted by molar-refractivity contribution is 6.44. The van der Waals surface area contributed by atoms with Crippen LogP contribution in [0.3, 0.4) is 0 Å². The quantitative estimate of drug-likeness (QED) is 0.621. The summed E-state index contributed by atoms with van der Waals surface area (Å²) in [4.78, 5) is 19.6. The smallest absolute Gasteiger partial charge is 0.241 e. The van der Waals surface area contributed by atoms with E-state index in [1.165, 1.54) is 0 Å². The van der Waals surface area contributed by atoms with Crippen molar-refractivity contribution < 1.29 is 9.21 Å². The average Bonchev–Trinajstić information content (AvgIpc) is 3.15. The number of carbonyl (C=O) groups excluding carboxylic acids is 1. The first-order valence-electron chi connectivity index (χ1n) is 9.37. The van der Waals surface area contributed by atoms with E-state index in [0.717, 1.165) is 42.9 Å². The van der Waals surface area contributed by atoms with Gasteiger partial charge in [0.1, 0.15) is 5.52 Å². The molecule has 0 saturated carbocycles. The van der Waals surface area contributed by atoms with Gasteiger partial charge in [-0.1, -0.05) is 41.4 Å². The molecule has 1 fully saturated rings. The van der Waals surface area contributed by atoms with Gasteiger partial charge in [0.05, 0.1) is 21.8 Å². The second-order valence-electron chi connectivity index (χ2n) is 7.12. The Morgan fingerprint density at radius 2 is 2.07 bits per heavy atom. The molecule has 0 bridgehead atoms. The molecule has 5 nitrogen and oxygen atoms in total. The van der Waals surface area contributed by atoms with Crippen LogP contribution in [0.15, 0.2) is 46.9 Å². The van der Waals surface area contributed by atoms with Gasteiger partial charge in [-0.25, -0.2) is 4.98 Å². The van der Waals surface area contributed by atoms with Crippen LogP contribution >= 0.6 is 23.2 Å². The minimum absolute atomic E-state index is 0.109. The summed E-state index contributed by atoms with van der Waals surface area (Å²) in [5.74, 6) is 0.810. The van der Waals surface area contributed by atoms with Crippen molar-refractivity contribution in [3.05, 3.63) is 58.4 Å². The van der Waals surface area contributed by atoms with Crippen molar-refractivity contribution in [2.45, 2.75) is 31.7 Å². The number of carbonyl (C=O) groups is 1. The van der Waals surface area contributed by atoms with E-state index in [4.69, 9.17) is 27.6 Å². The van der Waals surface area contributed by atoms with Crippen LogP contribution in [-0.2, 0) is 4.79 Å². The molecule has 3 aromatic rings. The Bertz CT molecular complexity index is 971. The summed E-state index contributed by atoms with van der Waals surface area (Å²) < 4.78 is 5.95. The van der Waals surface area contributed by atoms with Gasteiger partial charge in [-0.3, -0.25) is 9.69 Å². The fourth-order valence-corrected chi connectivity index (χ4v) is 3.98. The third-order valence-corrected chi connectivity index (χ3v) is 6.07. The monoisotopic (exact) mass is 417 g/mol. The SMILES string of the molecule is CC(C(=O)Nc1cccc(Cl)c1Cl)N1CCCC(c2nc3ccccc3o2)C1. The third-order valence-electron chi connectivity index (χ3n) is 5.25. The Hall–Kier alpha value is -2.08. The lowest BCUT2D eigenvalue weighted by molar-refractivity contribution is -0.121. The van der Waals surface area contributed by atoms with Gasteiger partial charge in [-0.15, -0.1) is 0 Å². The number of aromatic nitrogens is 1. The summed E-state index contributed by atoms with van der Waals surface area (Å²) in [6, 6.07) is 12.7. The Morgan fingerprint density at radius 3 is 2.89 bits per heavy atom. The molecule has 2 heterocycles. The number of halogens is 2. The molecule has 7 heteroatoms. The Morgan fingerprint density at radius 1 is 1.25 bits per heavy atom. The van der Waals surface area contributed by atoms with Crippen molar-refractivity contribution in [2.75, 3.05) is 18.4 Å². The maximum atomic E-state index is 12.8. The van der Waals surface area contributed by atoms with E-state index >= 15 is 0 Å². The molecule has 0 spiro atoms. The van der Waals surface area contributed by atoms with Gasteiger partial charge in [0.15, 0.2) is 11.5 Å². The summed E-state index contributed by atoms with van der Waals surface area (Å²) in [5.41, 5.74) is 2.20. The fourth-order valence-electron chi connectivity index (χ4n) is 3.63. The van der Waals surface area contributed by atoms with Crippen LogP contribution in [0.1, 0.15) is 31.6 Å². The lowest BCUT2D eigenvalue weighted by Gasteiger charge is -2.34. The second-order valence-corrected chi connectivity index (χ2v) is 7.91. The second kappa shape index (κ2) is 8.11. The number of fused-ring (bicyclic) bond motifs is 1. The molecule has 1 saturated heterocycles. The van der Waals surface area contributed by atoms with Crippen LogP contribution in [0, 0.1) is 0 Å². The van der Waals surface area contributed by atoms with Crippen molar-refractivity contribution in [2.24, 2.45) is 0 Å². The van der Waals surface area contributed by atoms with Gasteiger partial charge < -0.3 is 9.73 Å². The van der Waals surface area contributed by atoms with E-state index in [0.29, 0.717) is 15.7 Å². The van der Waals surface area contributed by atoms with Gasteiger partial charge in [-0.2, -0.15) is 0 Å². The van der Waals surface area contributed by atoms with Crippen LogP contribution in [0.4, 0.5) is 5.69 Å². The topological polar surface area (TPSA) is 58.4 Å². The number of benzene rings is 2. The zero-order valence-electron chi connectivity index (χ0n) is 15.5. The highest BCUT2D eigenvalue weighted by Gasteiger charge is 2.30. The number of hydrogen-bond donors (Lipinski definition) is 1. The maximum Gasteiger partial charge on any atom is 0.241 e. The number of rotatable bonds is 4. The highest BCUT2D eigenvalue weighted by Crippen LogP contribution is 2.31. The summed E-state index contributed by atoms with van der Waals surface area (Å²) >= 11 is 12.2. The van der Waals surface area contributed by atoms with Crippen LogP contribution in [0.25, 0.3) is 11.1 Å². The largest absolute Gasteiger partial charge is 0.440 e. The van der Waals surface area contributed by atoms with Crippen LogP contribution < -0.4 is 5.32 Å². The number of hydrogen-bond acceptors (Lipinski definition) is 4. The Labute approximate surface area is 173 Å². The lowest BCUT2D eigenvalue weighted by atomic mass is 9.96. The predicted molar refractivity (Wildman–Crippen MR) is 112 cm³/mol. The molecular formula is C21H21Cl2N3O2. The predicted octanol–water partition coefficient (Wildman–Crippen LogP) is 5.34. The molecule has 1 amide bonds.